The Morgan fingerprint density at radius 1 is 1.06 bits per heavy atom. The van der Waals surface area contributed by atoms with E-state index in [1.165, 1.54) is 5.56 Å². The highest BCUT2D eigenvalue weighted by Gasteiger charge is 2.28. The van der Waals surface area contributed by atoms with Gasteiger partial charge in [0.2, 0.25) is 11.8 Å². The first kappa shape index (κ1) is 26.2. The molecule has 2 rings (SSSR count). The number of carbonyl (C=O) groups excluding carboxylic acids is 2. The molecule has 0 fully saturated rings. The van der Waals surface area contributed by atoms with Gasteiger partial charge in [0.05, 0.1) is 13.7 Å². The molecule has 0 saturated heterocycles. The third-order valence-corrected chi connectivity index (χ3v) is 5.38. The normalized spacial score (nSPS) is 11.7. The minimum absolute atomic E-state index is 0.0585. The summed E-state index contributed by atoms with van der Waals surface area (Å²) in [7, 11) is 1.62. The van der Waals surface area contributed by atoms with Crippen LogP contribution in [0.15, 0.2) is 48.5 Å². The number of benzene rings is 2. The predicted molar refractivity (Wildman–Crippen MR) is 131 cm³/mol. The first-order valence-electron chi connectivity index (χ1n) is 11.7. The van der Waals surface area contributed by atoms with E-state index in [2.05, 4.69) is 19.2 Å². The summed E-state index contributed by atoms with van der Waals surface area (Å²) in [5.74, 6) is 1.69. The second kappa shape index (κ2) is 13.5. The van der Waals surface area contributed by atoms with Gasteiger partial charge < -0.3 is 19.7 Å². The van der Waals surface area contributed by atoms with Crippen LogP contribution in [-0.4, -0.2) is 43.0 Å². The first-order valence-corrected chi connectivity index (χ1v) is 11.7. The smallest absolute Gasteiger partial charge is 0.242 e. The van der Waals surface area contributed by atoms with Crippen molar-refractivity contribution in [2.75, 3.05) is 20.3 Å². The molecule has 0 aliphatic carbocycles. The molecule has 0 unspecified atom stereocenters. The van der Waals surface area contributed by atoms with Gasteiger partial charge in [0.25, 0.3) is 0 Å². The number of amides is 2. The third-order valence-electron chi connectivity index (χ3n) is 5.38. The maximum Gasteiger partial charge on any atom is 0.242 e. The first-order chi connectivity index (χ1) is 15.8. The molecule has 0 heterocycles. The van der Waals surface area contributed by atoms with Gasteiger partial charge in [0.1, 0.15) is 17.5 Å². The van der Waals surface area contributed by atoms with Crippen molar-refractivity contribution >= 4 is 11.8 Å². The zero-order valence-corrected chi connectivity index (χ0v) is 20.6. The van der Waals surface area contributed by atoms with Gasteiger partial charge >= 0.3 is 0 Å². The minimum Gasteiger partial charge on any atom is -0.497 e. The second-order valence-corrected chi connectivity index (χ2v) is 8.70. The summed E-state index contributed by atoms with van der Waals surface area (Å²) in [5, 5.41) is 2.99. The molecule has 0 spiro atoms. The van der Waals surface area contributed by atoms with Crippen LogP contribution in [0.2, 0.25) is 0 Å². The number of hydrogen-bond acceptors (Lipinski definition) is 4. The lowest BCUT2D eigenvalue weighted by Gasteiger charge is -2.31. The number of rotatable bonds is 13. The maximum atomic E-state index is 13.3. The summed E-state index contributed by atoms with van der Waals surface area (Å²) >= 11 is 0. The second-order valence-electron chi connectivity index (χ2n) is 8.70. The van der Waals surface area contributed by atoms with Crippen molar-refractivity contribution in [2.24, 2.45) is 5.92 Å². The van der Waals surface area contributed by atoms with Crippen molar-refractivity contribution < 1.29 is 19.1 Å². The van der Waals surface area contributed by atoms with Crippen LogP contribution in [0.4, 0.5) is 0 Å². The fourth-order valence-electron chi connectivity index (χ4n) is 3.50. The molecule has 2 aromatic rings. The molecule has 0 bridgehead atoms. The molecule has 0 aliphatic rings. The van der Waals surface area contributed by atoms with Gasteiger partial charge in [-0.15, -0.1) is 0 Å². The van der Waals surface area contributed by atoms with E-state index in [1.54, 1.807) is 12.0 Å². The summed E-state index contributed by atoms with van der Waals surface area (Å²) in [6.45, 7) is 9.44. The minimum atomic E-state index is -0.527. The van der Waals surface area contributed by atoms with E-state index in [0.29, 0.717) is 44.9 Å². The topological polar surface area (TPSA) is 67.9 Å². The Bertz CT molecular complexity index is 880. The van der Waals surface area contributed by atoms with E-state index in [9.17, 15) is 9.59 Å². The summed E-state index contributed by atoms with van der Waals surface area (Å²) in [6, 6.07) is 14.9. The Hall–Kier alpha value is -3.02. The Morgan fingerprint density at radius 3 is 2.42 bits per heavy atom. The van der Waals surface area contributed by atoms with Gasteiger partial charge in [0.15, 0.2) is 0 Å². The van der Waals surface area contributed by atoms with Crippen molar-refractivity contribution in [1.82, 2.24) is 10.2 Å². The van der Waals surface area contributed by atoms with Crippen LogP contribution in [0.3, 0.4) is 0 Å². The van der Waals surface area contributed by atoms with Crippen LogP contribution in [0.1, 0.15) is 51.2 Å². The highest BCUT2D eigenvalue weighted by molar-refractivity contribution is 5.87. The molecule has 180 valence electrons. The molecule has 1 N–H and O–H groups in total. The number of aryl methyl sites for hydroxylation is 1. The van der Waals surface area contributed by atoms with Gasteiger partial charge in [-0.3, -0.25) is 9.59 Å². The molecule has 33 heavy (non-hydrogen) atoms. The lowest BCUT2D eigenvalue weighted by Crippen LogP contribution is -2.49. The number of carbonyl (C=O) groups is 2. The average molecular weight is 455 g/mol. The standard InChI is InChI=1S/C27H38N2O4/c1-6-25(27(31)28-18-20(2)3)29(19-22-9-7-10-24(17-22)32-5)26(30)11-8-16-33-23-14-12-21(4)13-15-23/h7,9-10,12-15,17,20,25H,6,8,11,16,18-19H2,1-5H3,(H,28,31)/t25-/m1/s1. The molecular formula is C27H38N2O4. The van der Waals surface area contributed by atoms with E-state index in [4.69, 9.17) is 9.47 Å². The van der Waals surface area contributed by atoms with Crippen molar-refractivity contribution in [3.8, 4) is 11.5 Å². The van der Waals surface area contributed by atoms with E-state index >= 15 is 0 Å². The predicted octanol–water partition coefficient (Wildman–Crippen LogP) is 4.74. The highest BCUT2D eigenvalue weighted by atomic mass is 16.5. The number of nitrogens with one attached hydrogen (secondary N) is 1. The average Bonchev–Trinajstić information content (AvgIpc) is 2.81. The van der Waals surface area contributed by atoms with Gasteiger partial charge in [-0.25, -0.2) is 0 Å². The third kappa shape index (κ3) is 8.79. The number of nitrogens with zero attached hydrogens (tertiary/aromatic N) is 1. The Kier molecular flexibility index (Phi) is 10.7. The van der Waals surface area contributed by atoms with E-state index in [-0.39, 0.29) is 11.8 Å². The number of ether oxygens (including phenoxy) is 2. The zero-order valence-electron chi connectivity index (χ0n) is 20.6. The fraction of sp³-hybridized carbons (Fsp3) is 0.481. The molecule has 6 heteroatoms. The molecule has 0 radical (unpaired) electrons. The van der Waals surface area contributed by atoms with Crippen molar-refractivity contribution in [2.45, 2.75) is 59.5 Å². The van der Waals surface area contributed by atoms with Crippen LogP contribution in [0.5, 0.6) is 11.5 Å². The monoisotopic (exact) mass is 454 g/mol. The molecule has 0 aromatic heterocycles. The van der Waals surface area contributed by atoms with Crippen molar-refractivity contribution in [3.05, 3.63) is 59.7 Å². The van der Waals surface area contributed by atoms with Crippen LogP contribution in [0, 0.1) is 12.8 Å². The zero-order chi connectivity index (χ0) is 24.2. The van der Waals surface area contributed by atoms with Gasteiger partial charge in [-0.05, 0) is 55.5 Å². The fourth-order valence-corrected chi connectivity index (χ4v) is 3.50. The molecule has 2 amide bonds. The maximum absolute atomic E-state index is 13.3. The Balaban J connectivity index is 2.07. The largest absolute Gasteiger partial charge is 0.497 e. The molecule has 6 nitrogen and oxygen atoms in total. The SMILES string of the molecule is CC[C@H](C(=O)NCC(C)C)N(Cc1cccc(OC)c1)C(=O)CCCOc1ccc(C)cc1. The summed E-state index contributed by atoms with van der Waals surface area (Å²) in [5.41, 5.74) is 2.10. The van der Waals surface area contributed by atoms with Crippen molar-refractivity contribution in [1.29, 1.82) is 0 Å². The van der Waals surface area contributed by atoms with Gasteiger partial charge in [-0.2, -0.15) is 0 Å². The van der Waals surface area contributed by atoms with Gasteiger partial charge in [-0.1, -0.05) is 50.6 Å². The van der Waals surface area contributed by atoms with E-state index in [0.717, 1.165) is 17.1 Å². The van der Waals surface area contributed by atoms with Crippen LogP contribution in [0.25, 0.3) is 0 Å². The highest BCUT2D eigenvalue weighted by Crippen LogP contribution is 2.19. The summed E-state index contributed by atoms with van der Waals surface area (Å²) < 4.78 is 11.1. The summed E-state index contributed by atoms with van der Waals surface area (Å²) in [4.78, 5) is 27.9. The van der Waals surface area contributed by atoms with Gasteiger partial charge in [0, 0.05) is 19.5 Å². The van der Waals surface area contributed by atoms with Crippen LogP contribution in [-0.2, 0) is 16.1 Å². The van der Waals surface area contributed by atoms with E-state index in [1.807, 2.05) is 62.4 Å². The quantitative estimate of drug-likeness (QED) is 0.444. The van der Waals surface area contributed by atoms with Crippen molar-refractivity contribution in [3.63, 3.8) is 0 Å². The van der Waals surface area contributed by atoms with Crippen LogP contribution >= 0.6 is 0 Å². The lowest BCUT2D eigenvalue weighted by molar-refractivity contribution is -0.141. The molecular weight excluding hydrogens is 416 g/mol. The Labute approximate surface area is 198 Å². The number of hydrogen-bond donors (Lipinski definition) is 1. The molecule has 2 aromatic carbocycles. The number of methoxy groups -OCH3 is 1. The molecule has 0 saturated carbocycles. The van der Waals surface area contributed by atoms with Crippen LogP contribution < -0.4 is 14.8 Å². The molecule has 1 atom stereocenters. The van der Waals surface area contributed by atoms with E-state index < -0.39 is 6.04 Å². The Morgan fingerprint density at radius 2 is 1.79 bits per heavy atom. The summed E-state index contributed by atoms with van der Waals surface area (Å²) in [6.07, 6.45) is 1.43. The lowest BCUT2D eigenvalue weighted by atomic mass is 10.1. The molecule has 0 aliphatic heterocycles.